The largest absolute Gasteiger partial charge is 0.412 e. The summed E-state index contributed by atoms with van der Waals surface area (Å²) in [6, 6.07) is 8.74. The monoisotopic (exact) mass is 285 g/mol. The number of nitrogens with one attached hydrogen (secondary N) is 1. The van der Waals surface area contributed by atoms with Gasteiger partial charge in [-0.25, -0.2) is 0 Å². The maximum absolute atomic E-state index is 2.75. The van der Waals surface area contributed by atoms with Crippen LogP contribution in [0.2, 0.25) is 0 Å². The van der Waals surface area contributed by atoms with Gasteiger partial charge in [-0.15, -0.1) is 0 Å². The molecule has 1 rings (SSSR count). The van der Waals surface area contributed by atoms with Crippen molar-refractivity contribution >= 4 is 0 Å². The van der Waals surface area contributed by atoms with Crippen LogP contribution >= 0.6 is 0 Å². The topological polar surface area (TPSA) is 43.5 Å². The van der Waals surface area contributed by atoms with Gasteiger partial charge in [0.1, 0.15) is 0 Å². The molecule has 0 amide bonds. The number of hydrogen-bond donors (Lipinski definition) is 1. The molecule has 20 heavy (non-hydrogen) atoms. The molecule has 2 nitrogen and oxygen atoms in total. The first kappa shape index (κ1) is 24.2. The average molecular weight is 286 g/mol. The van der Waals surface area contributed by atoms with Crippen molar-refractivity contribution in [3.05, 3.63) is 35.4 Å². The van der Waals surface area contributed by atoms with Gasteiger partial charge in [0.15, 0.2) is 0 Å². The quantitative estimate of drug-likeness (QED) is 0.743. The molecule has 0 aliphatic carbocycles. The van der Waals surface area contributed by atoms with E-state index < -0.39 is 0 Å². The van der Waals surface area contributed by atoms with E-state index >= 15 is 0 Å². The number of aryl methyl sites for hydroxylation is 1. The van der Waals surface area contributed by atoms with Crippen LogP contribution in [0.1, 0.15) is 61.0 Å². The predicted octanol–water partition coefficient (Wildman–Crippen LogP) is 4.60. The molecule has 2 heteroatoms. The van der Waals surface area contributed by atoms with Gasteiger partial charge in [0.2, 0.25) is 0 Å². The van der Waals surface area contributed by atoms with Crippen LogP contribution in [0.4, 0.5) is 0 Å². The Morgan fingerprint density at radius 1 is 0.800 bits per heavy atom. The third-order valence-electron chi connectivity index (χ3n) is 1.92. The molecule has 0 heterocycles. The molecule has 0 fully saturated rings. The van der Waals surface area contributed by atoms with Gasteiger partial charge in [-0.3, -0.25) is 0 Å². The van der Waals surface area contributed by atoms with Crippen LogP contribution in [-0.4, -0.2) is 19.6 Å². The van der Waals surface area contributed by atoms with Crippen LogP contribution in [0.25, 0.3) is 0 Å². The lowest BCUT2D eigenvalue weighted by atomic mass is 9.87. The van der Waals surface area contributed by atoms with E-state index in [4.69, 9.17) is 0 Å². The summed E-state index contributed by atoms with van der Waals surface area (Å²) < 4.78 is 0. The third kappa shape index (κ3) is 19.5. The van der Waals surface area contributed by atoms with Gasteiger partial charge in [-0.2, -0.15) is 0 Å². The van der Waals surface area contributed by atoms with E-state index in [1.807, 2.05) is 14.1 Å². The standard InChI is InChI=1S/C11H16.C5H12.C2H7N.H2O.H2/c1-9-5-7-10(8-6-9)11(2,3)4;1-5(2,3)4;1-3-2;;/h5-8H,1-4H3;1-4H3;3H,1-2H3;1H2;1H. The number of rotatable bonds is 0. The summed E-state index contributed by atoms with van der Waals surface area (Å²) in [5.41, 5.74) is 3.52. The van der Waals surface area contributed by atoms with Crippen molar-refractivity contribution < 1.29 is 6.90 Å². The fourth-order valence-corrected chi connectivity index (χ4v) is 1.05. The van der Waals surface area contributed by atoms with Crippen LogP contribution < -0.4 is 5.32 Å². The predicted molar refractivity (Wildman–Crippen MR) is 95.7 cm³/mol. The average Bonchev–Trinajstić information content (AvgIpc) is 2.15. The highest BCUT2D eigenvalue weighted by Crippen LogP contribution is 2.21. The Balaban J connectivity index is -0.000000124. The van der Waals surface area contributed by atoms with Gasteiger partial charge in [0.25, 0.3) is 0 Å². The molecule has 0 atom stereocenters. The lowest BCUT2D eigenvalue weighted by Gasteiger charge is -2.18. The van der Waals surface area contributed by atoms with Gasteiger partial charge in [0, 0.05) is 1.43 Å². The van der Waals surface area contributed by atoms with Crippen LogP contribution in [0.3, 0.4) is 0 Å². The minimum atomic E-state index is 0. The van der Waals surface area contributed by atoms with Crippen molar-refractivity contribution in [3.8, 4) is 0 Å². The summed E-state index contributed by atoms with van der Waals surface area (Å²) >= 11 is 0. The first-order chi connectivity index (χ1) is 8.41. The van der Waals surface area contributed by atoms with E-state index in [9.17, 15) is 0 Å². The summed E-state index contributed by atoms with van der Waals surface area (Å²) in [4.78, 5) is 0. The lowest BCUT2D eigenvalue weighted by molar-refractivity contribution is 0.469. The van der Waals surface area contributed by atoms with Gasteiger partial charge in [-0.1, -0.05) is 78.3 Å². The SMILES string of the molecule is CC(C)(C)C.CNC.Cc1ccc(C(C)(C)C)cc1.O.[HH]. The van der Waals surface area contributed by atoms with Crippen LogP contribution in [0.15, 0.2) is 24.3 Å². The molecule has 0 saturated carbocycles. The Morgan fingerprint density at radius 3 is 1.25 bits per heavy atom. The van der Waals surface area contributed by atoms with E-state index in [0.29, 0.717) is 5.41 Å². The summed E-state index contributed by atoms with van der Waals surface area (Å²) in [5, 5.41) is 2.75. The van der Waals surface area contributed by atoms with E-state index in [1.54, 1.807) is 0 Å². The summed E-state index contributed by atoms with van der Waals surface area (Å²) in [6.07, 6.45) is 0. The number of hydrogen-bond acceptors (Lipinski definition) is 1. The zero-order valence-corrected chi connectivity index (χ0v) is 15.3. The van der Waals surface area contributed by atoms with Crippen LogP contribution in [0, 0.1) is 12.3 Å². The first-order valence-electron chi connectivity index (χ1n) is 7.07. The van der Waals surface area contributed by atoms with E-state index in [1.165, 1.54) is 11.1 Å². The van der Waals surface area contributed by atoms with Crippen molar-refractivity contribution in [2.75, 3.05) is 14.1 Å². The maximum atomic E-state index is 2.75. The molecule has 0 bridgehead atoms. The fourth-order valence-electron chi connectivity index (χ4n) is 1.05. The number of benzene rings is 1. The molecule has 1 aromatic rings. The summed E-state index contributed by atoms with van der Waals surface area (Å²) in [7, 11) is 3.75. The zero-order chi connectivity index (χ0) is 15.7. The van der Waals surface area contributed by atoms with Crippen molar-refractivity contribution in [1.29, 1.82) is 0 Å². The second-order valence-corrected chi connectivity index (χ2v) is 7.62. The van der Waals surface area contributed by atoms with Gasteiger partial charge in [0.05, 0.1) is 0 Å². The van der Waals surface area contributed by atoms with E-state index in [-0.39, 0.29) is 12.3 Å². The molecule has 122 valence electrons. The Morgan fingerprint density at radius 2 is 1.05 bits per heavy atom. The molecule has 0 aliphatic heterocycles. The second kappa shape index (κ2) is 10.9. The lowest BCUT2D eigenvalue weighted by Crippen LogP contribution is -2.10. The minimum absolute atomic E-state index is 0. The van der Waals surface area contributed by atoms with E-state index in [2.05, 4.69) is 85.0 Å². The Bertz CT molecular complexity index is 315. The Hall–Kier alpha value is -0.860. The maximum Gasteiger partial charge on any atom is 0 e. The van der Waals surface area contributed by atoms with Crippen molar-refractivity contribution in [2.45, 2.75) is 60.8 Å². The highest BCUT2D eigenvalue weighted by Gasteiger charge is 2.11. The minimum Gasteiger partial charge on any atom is -0.412 e. The van der Waals surface area contributed by atoms with Gasteiger partial charge in [-0.05, 0) is 37.4 Å². The van der Waals surface area contributed by atoms with Crippen LogP contribution in [0.5, 0.6) is 0 Å². The van der Waals surface area contributed by atoms with Gasteiger partial charge < -0.3 is 10.8 Å². The molecule has 0 unspecified atom stereocenters. The summed E-state index contributed by atoms with van der Waals surface area (Å²) in [5.74, 6) is 0. The van der Waals surface area contributed by atoms with Crippen molar-refractivity contribution in [2.24, 2.45) is 5.41 Å². The highest BCUT2D eigenvalue weighted by molar-refractivity contribution is 5.26. The van der Waals surface area contributed by atoms with E-state index in [0.717, 1.165) is 0 Å². The second-order valence-electron chi connectivity index (χ2n) is 7.62. The van der Waals surface area contributed by atoms with Gasteiger partial charge >= 0.3 is 0 Å². The zero-order valence-electron chi connectivity index (χ0n) is 15.3. The first-order valence-corrected chi connectivity index (χ1v) is 7.07. The summed E-state index contributed by atoms with van der Waals surface area (Å²) in [6.45, 7) is 17.6. The molecule has 0 saturated heterocycles. The normalized spacial score (nSPS) is 10.3. The molecule has 0 aromatic heterocycles. The molecule has 1 aromatic carbocycles. The third-order valence-corrected chi connectivity index (χ3v) is 1.92. The van der Waals surface area contributed by atoms with Crippen LogP contribution in [-0.2, 0) is 5.41 Å². The van der Waals surface area contributed by atoms with Crippen molar-refractivity contribution in [3.63, 3.8) is 0 Å². The molecular weight excluding hydrogens is 246 g/mol. The Kier molecular flexibility index (Phi) is 13.1. The molecule has 3 N–H and O–H groups in total. The molecule has 0 aliphatic rings. The Labute approximate surface area is 128 Å². The molecular formula is C18H39NO. The molecule has 0 radical (unpaired) electrons. The van der Waals surface area contributed by atoms with Crippen molar-refractivity contribution in [1.82, 2.24) is 5.32 Å². The molecule has 0 spiro atoms. The fraction of sp³-hybridized carbons (Fsp3) is 0.667. The smallest absolute Gasteiger partial charge is 0 e. The highest BCUT2D eigenvalue weighted by atomic mass is 16.0.